The highest BCUT2D eigenvalue weighted by atomic mass is 16.3. The number of fused-ring (bicyclic) bond motifs is 1. The maximum atomic E-state index is 9.76. The van der Waals surface area contributed by atoms with Gasteiger partial charge in [-0.1, -0.05) is 65.2 Å². The molecule has 36 heavy (non-hydrogen) atoms. The fraction of sp³-hybridized carbons (Fsp3) is 0.656. The highest BCUT2D eigenvalue weighted by Crippen LogP contribution is 2.47. The lowest BCUT2D eigenvalue weighted by molar-refractivity contribution is 0.130. The van der Waals surface area contributed by atoms with Crippen LogP contribution in [0.1, 0.15) is 103 Å². The number of aromatic nitrogens is 1. The van der Waals surface area contributed by atoms with Gasteiger partial charge in [-0.3, -0.25) is 0 Å². The molecule has 4 rings (SSSR count). The lowest BCUT2D eigenvalue weighted by Gasteiger charge is -2.42. The van der Waals surface area contributed by atoms with Crippen molar-refractivity contribution in [3.8, 4) is 11.3 Å². The Hall–Kier alpha value is -1.91. The Morgan fingerprint density at radius 2 is 1.44 bits per heavy atom. The minimum Gasteiger partial charge on any atom is -0.396 e. The van der Waals surface area contributed by atoms with E-state index in [1.807, 2.05) is 0 Å². The van der Waals surface area contributed by atoms with Gasteiger partial charge in [0.2, 0.25) is 0 Å². The van der Waals surface area contributed by atoms with Crippen molar-refractivity contribution in [2.45, 2.75) is 103 Å². The van der Waals surface area contributed by atoms with Gasteiger partial charge in [-0.05, 0) is 90.5 Å². The summed E-state index contributed by atoms with van der Waals surface area (Å²) in [6.07, 6.45) is 11.1. The van der Waals surface area contributed by atoms with Crippen LogP contribution in [-0.4, -0.2) is 41.5 Å². The molecule has 1 saturated heterocycles. The predicted octanol–water partition coefficient (Wildman–Crippen LogP) is 7.01. The van der Waals surface area contributed by atoms with Gasteiger partial charge in [0, 0.05) is 31.9 Å². The quantitative estimate of drug-likeness (QED) is 0.350. The second kappa shape index (κ2) is 11.2. The van der Waals surface area contributed by atoms with Crippen molar-refractivity contribution >= 4 is 5.82 Å². The van der Waals surface area contributed by atoms with E-state index >= 15 is 0 Å². The lowest BCUT2D eigenvalue weighted by Crippen LogP contribution is -2.41. The standard InChI is InChI=1S/C32H48N2O2/c1-30(2)15-16-31(3,4)27-24-25(12-13-26(27)30)28-10-9-11-29(33-28)34-20-17-32(18-21-34,19-23-36)14-7-5-6-8-22-35/h9-13,24,35-36H,5-8,14-23H2,1-4H3. The van der Waals surface area contributed by atoms with Crippen molar-refractivity contribution in [2.24, 2.45) is 5.41 Å². The summed E-state index contributed by atoms with van der Waals surface area (Å²) in [7, 11) is 0. The number of aliphatic hydroxyl groups excluding tert-OH is 2. The number of nitrogens with zero attached hydrogens (tertiary/aromatic N) is 2. The monoisotopic (exact) mass is 492 g/mol. The summed E-state index contributed by atoms with van der Waals surface area (Å²) >= 11 is 0. The van der Waals surface area contributed by atoms with Crippen molar-refractivity contribution in [3.63, 3.8) is 0 Å². The van der Waals surface area contributed by atoms with Crippen LogP contribution < -0.4 is 4.90 Å². The first-order valence-electron chi connectivity index (χ1n) is 14.3. The van der Waals surface area contributed by atoms with E-state index in [2.05, 4.69) is 69.0 Å². The van der Waals surface area contributed by atoms with Gasteiger partial charge < -0.3 is 15.1 Å². The second-order valence-corrected chi connectivity index (χ2v) is 12.8. The van der Waals surface area contributed by atoms with Crippen molar-refractivity contribution in [3.05, 3.63) is 47.5 Å². The number of rotatable bonds is 10. The molecule has 2 heterocycles. The molecule has 1 aliphatic carbocycles. The van der Waals surface area contributed by atoms with Crippen LogP contribution in [0.5, 0.6) is 0 Å². The van der Waals surface area contributed by atoms with Crippen LogP contribution in [0, 0.1) is 5.41 Å². The summed E-state index contributed by atoms with van der Waals surface area (Å²) in [5, 5.41) is 18.8. The zero-order chi connectivity index (χ0) is 25.8. The zero-order valence-corrected chi connectivity index (χ0v) is 23.2. The van der Waals surface area contributed by atoms with Crippen molar-refractivity contribution in [1.82, 2.24) is 4.98 Å². The molecule has 1 aromatic heterocycles. The summed E-state index contributed by atoms with van der Waals surface area (Å²) in [5.41, 5.74) is 5.92. The first-order chi connectivity index (χ1) is 17.2. The van der Waals surface area contributed by atoms with Gasteiger partial charge in [-0.2, -0.15) is 0 Å². The van der Waals surface area contributed by atoms with Crippen LogP contribution >= 0.6 is 0 Å². The fourth-order valence-corrected chi connectivity index (χ4v) is 6.55. The van der Waals surface area contributed by atoms with E-state index in [9.17, 15) is 5.11 Å². The maximum absolute atomic E-state index is 9.76. The summed E-state index contributed by atoms with van der Waals surface area (Å²) < 4.78 is 0. The highest BCUT2D eigenvalue weighted by Gasteiger charge is 2.37. The molecule has 1 aromatic carbocycles. The SMILES string of the molecule is CC1(C)CCC(C)(C)c2cc(-c3cccc(N4CCC(CCO)(CCCCCCO)CC4)n3)ccc21. The van der Waals surface area contributed by atoms with E-state index in [1.165, 1.54) is 48.8 Å². The molecule has 1 aliphatic heterocycles. The Morgan fingerprint density at radius 3 is 2.14 bits per heavy atom. The number of benzene rings is 1. The maximum Gasteiger partial charge on any atom is 0.129 e. The van der Waals surface area contributed by atoms with E-state index in [0.717, 1.165) is 56.7 Å². The van der Waals surface area contributed by atoms with Crippen LogP contribution in [0.2, 0.25) is 0 Å². The van der Waals surface area contributed by atoms with Gasteiger partial charge in [0.25, 0.3) is 0 Å². The first kappa shape index (κ1) is 27.1. The van der Waals surface area contributed by atoms with Crippen LogP contribution in [0.4, 0.5) is 5.82 Å². The number of aliphatic hydroxyl groups is 2. The van der Waals surface area contributed by atoms with Crippen molar-refractivity contribution in [1.29, 1.82) is 0 Å². The number of piperidine rings is 1. The Labute approximate surface area is 219 Å². The molecule has 0 unspecified atom stereocenters. The number of pyridine rings is 1. The summed E-state index contributed by atoms with van der Waals surface area (Å²) in [6.45, 7) is 12.1. The largest absolute Gasteiger partial charge is 0.396 e. The lowest BCUT2D eigenvalue weighted by atomic mass is 9.63. The third-order valence-electron chi connectivity index (χ3n) is 9.29. The average molecular weight is 493 g/mol. The number of hydrogen-bond acceptors (Lipinski definition) is 4. The molecule has 0 saturated carbocycles. The van der Waals surface area contributed by atoms with Crippen molar-refractivity contribution in [2.75, 3.05) is 31.2 Å². The van der Waals surface area contributed by atoms with E-state index in [0.29, 0.717) is 6.61 Å². The third-order valence-corrected chi connectivity index (χ3v) is 9.29. The molecular weight excluding hydrogens is 444 g/mol. The topological polar surface area (TPSA) is 56.6 Å². The van der Waals surface area contributed by atoms with Gasteiger partial charge >= 0.3 is 0 Å². The molecule has 4 heteroatoms. The van der Waals surface area contributed by atoms with Crippen LogP contribution in [0.15, 0.2) is 36.4 Å². The smallest absolute Gasteiger partial charge is 0.129 e. The summed E-state index contributed by atoms with van der Waals surface area (Å²) in [5.74, 6) is 1.07. The van der Waals surface area contributed by atoms with Crippen molar-refractivity contribution < 1.29 is 10.2 Å². The Balaban J connectivity index is 1.48. The molecule has 0 amide bonds. The molecule has 4 nitrogen and oxygen atoms in total. The summed E-state index contributed by atoms with van der Waals surface area (Å²) in [4.78, 5) is 7.58. The highest BCUT2D eigenvalue weighted by molar-refractivity contribution is 5.65. The van der Waals surface area contributed by atoms with Gasteiger partial charge in [0.1, 0.15) is 5.82 Å². The average Bonchev–Trinajstić information content (AvgIpc) is 2.87. The molecule has 0 bridgehead atoms. The molecule has 2 aromatic rings. The van der Waals surface area contributed by atoms with Gasteiger partial charge in [-0.25, -0.2) is 4.98 Å². The van der Waals surface area contributed by atoms with Gasteiger partial charge in [0.05, 0.1) is 5.69 Å². The molecule has 0 radical (unpaired) electrons. The minimum atomic E-state index is 0.194. The Kier molecular flexibility index (Phi) is 8.46. The van der Waals surface area contributed by atoms with Crippen LogP contribution in [0.25, 0.3) is 11.3 Å². The first-order valence-corrected chi connectivity index (χ1v) is 14.3. The normalized spacial score (nSPS) is 20.2. The van der Waals surface area contributed by atoms with Crippen LogP contribution in [0.3, 0.4) is 0 Å². The minimum absolute atomic E-state index is 0.194. The third kappa shape index (κ3) is 5.97. The molecule has 1 fully saturated rings. The van der Waals surface area contributed by atoms with E-state index < -0.39 is 0 Å². The molecule has 2 aliphatic rings. The predicted molar refractivity (Wildman–Crippen MR) is 151 cm³/mol. The fourth-order valence-electron chi connectivity index (χ4n) is 6.55. The molecular formula is C32H48N2O2. The Morgan fingerprint density at radius 1 is 0.750 bits per heavy atom. The van der Waals surface area contributed by atoms with Crippen LogP contribution in [-0.2, 0) is 10.8 Å². The summed E-state index contributed by atoms with van der Waals surface area (Å²) in [6, 6.07) is 13.5. The Bertz CT molecular complexity index is 1000. The van der Waals surface area contributed by atoms with E-state index in [4.69, 9.17) is 10.1 Å². The van der Waals surface area contributed by atoms with Gasteiger partial charge in [0.15, 0.2) is 0 Å². The molecule has 0 atom stereocenters. The second-order valence-electron chi connectivity index (χ2n) is 12.8. The number of hydrogen-bond donors (Lipinski definition) is 2. The molecule has 0 spiro atoms. The van der Waals surface area contributed by atoms with E-state index in [1.54, 1.807) is 0 Å². The number of unbranched alkanes of at least 4 members (excludes halogenated alkanes) is 3. The van der Waals surface area contributed by atoms with E-state index in [-0.39, 0.29) is 22.9 Å². The van der Waals surface area contributed by atoms with Gasteiger partial charge in [-0.15, -0.1) is 0 Å². The number of anilines is 1. The zero-order valence-electron chi connectivity index (χ0n) is 23.2. The molecule has 198 valence electrons. The molecule has 2 N–H and O–H groups in total.